The average Bonchev–Trinajstić information content (AvgIpc) is 3.11. The molecule has 2 aromatic rings. The van der Waals surface area contributed by atoms with Crippen molar-refractivity contribution in [1.82, 2.24) is 10.1 Å². The summed E-state index contributed by atoms with van der Waals surface area (Å²) < 4.78 is 5.23. The van der Waals surface area contributed by atoms with Gasteiger partial charge >= 0.3 is 0 Å². The van der Waals surface area contributed by atoms with Gasteiger partial charge in [0.15, 0.2) is 0 Å². The molecule has 1 heterocycles. The quantitative estimate of drug-likeness (QED) is 0.916. The van der Waals surface area contributed by atoms with Gasteiger partial charge in [-0.1, -0.05) is 48.3 Å². The van der Waals surface area contributed by atoms with Gasteiger partial charge in [-0.15, -0.1) is 0 Å². The van der Waals surface area contributed by atoms with Gasteiger partial charge in [0.05, 0.1) is 12.5 Å². The van der Waals surface area contributed by atoms with E-state index in [1.54, 1.807) is 0 Å². The maximum Gasteiger partial charge on any atom is 0.229 e. The number of nitrogens with zero attached hydrogens (tertiary/aromatic N) is 2. The molecule has 1 aliphatic rings. The highest BCUT2D eigenvalue weighted by molar-refractivity contribution is 5.53. The highest BCUT2D eigenvalue weighted by atomic mass is 16.5. The topological polar surface area (TPSA) is 59.2 Å². The summed E-state index contributed by atoms with van der Waals surface area (Å²) >= 11 is 0. The van der Waals surface area contributed by atoms with Crippen LogP contribution in [0.4, 0.5) is 0 Å². The molecule has 4 nitrogen and oxygen atoms in total. The Balaban J connectivity index is 1.68. The number of hydrogen-bond acceptors (Lipinski definition) is 4. The third-order valence-electron chi connectivity index (χ3n) is 3.83. The number of aliphatic hydroxyl groups excluding tert-OH is 1. The first-order valence-electron chi connectivity index (χ1n) is 6.89. The molecule has 1 saturated carbocycles. The molecule has 1 aliphatic carbocycles. The highest BCUT2D eigenvalue weighted by Gasteiger charge is 2.25. The zero-order chi connectivity index (χ0) is 13.1. The molecule has 19 heavy (non-hydrogen) atoms. The van der Waals surface area contributed by atoms with Crippen molar-refractivity contribution >= 4 is 0 Å². The molecule has 4 heteroatoms. The second-order valence-corrected chi connectivity index (χ2v) is 5.19. The molecule has 1 atom stereocenters. The smallest absolute Gasteiger partial charge is 0.229 e. The Kier molecular flexibility index (Phi) is 3.60. The van der Waals surface area contributed by atoms with Crippen LogP contribution in [0.15, 0.2) is 34.9 Å². The molecule has 0 amide bonds. The van der Waals surface area contributed by atoms with Crippen molar-refractivity contribution in [1.29, 1.82) is 0 Å². The first-order valence-corrected chi connectivity index (χ1v) is 6.89. The van der Waals surface area contributed by atoms with Crippen LogP contribution in [0.1, 0.15) is 31.6 Å². The van der Waals surface area contributed by atoms with E-state index in [2.05, 4.69) is 10.1 Å². The number of aromatic nitrogens is 2. The molecule has 1 N–H and O–H groups in total. The van der Waals surface area contributed by atoms with Crippen LogP contribution in [-0.2, 0) is 6.42 Å². The van der Waals surface area contributed by atoms with Crippen LogP contribution in [-0.4, -0.2) is 21.4 Å². The molecule has 0 spiro atoms. The third kappa shape index (κ3) is 2.84. The van der Waals surface area contributed by atoms with Crippen LogP contribution in [0.2, 0.25) is 0 Å². The summed E-state index contributed by atoms with van der Waals surface area (Å²) in [6, 6.07) is 9.73. The minimum atomic E-state index is -0.355. The summed E-state index contributed by atoms with van der Waals surface area (Å²) in [6.45, 7) is 0. The third-order valence-corrected chi connectivity index (χ3v) is 3.83. The molecule has 0 saturated heterocycles. The van der Waals surface area contributed by atoms with Crippen LogP contribution < -0.4 is 0 Å². The second-order valence-electron chi connectivity index (χ2n) is 5.19. The SMILES string of the molecule is OC(Cc1nc(-c2ccccc2)no1)C1CCCC1. The van der Waals surface area contributed by atoms with Crippen molar-refractivity contribution in [2.75, 3.05) is 0 Å². The molecule has 0 bridgehead atoms. The predicted octanol–water partition coefficient (Wildman–Crippen LogP) is 2.83. The fourth-order valence-corrected chi connectivity index (χ4v) is 2.73. The Morgan fingerprint density at radius 1 is 1.21 bits per heavy atom. The van der Waals surface area contributed by atoms with Gasteiger partial charge in [-0.25, -0.2) is 0 Å². The summed E-state index contributed by atoms with van der Waals surface area (Å²) in [7, 11) is 0. The maximum absolute atomic E-state index is 10.2. The van der Waals surface area contributed by atoms with E-state index in [1.165, 1.54) is 12.8 Å². The van der Waals surface area contributed by atoms with Crippen molar-refractivity contribution in [3.05, 3.63) is 36.2 Å². The number of hydrogen-bond donors (Lipinski definition) is 1. The Morgan fingerprint density at radius 3 is 2.68 bits per heavy atom. The molecule has 0 aliphatic heterocycles. The van der Waals surface area contributed by atoms with Crippen LogP contribution >= 0.6 is 0 Å². The van der Waals surface area contributed by atoms with Crippen LogP contribution in [0, 0.1) is 5.92 Å². The average molecular weight is 258 g/mol. The normalized spacial score (nSPS) is 17.7. The first-order chi connectivity index (χ1) is 9.33. The van der Waals surface area contributed by atoms with E-state index in [1.807, 2.05) is 30.3 Å². The van der Waals surface area contributed by atoms with Gasteiger partial charge in [0, 0.05) is 5.56 Å². The molecule has 1 aromatic carbocycles. The van der Waals surface area contributed by atoms with E-state index in [-0.39, 0.29) is 6.10 Å². The van der Waals surface area contributed by atoms with Crippen molar-refractivity contribution in [3.63, 3.8) is 0 Å². The number of rotatable bonds is 4. The Morgan fingerprint density at radius 2 is 1.95 bits per heavy atom. The molecule has 3 rings (SSSR count). The van der Waals surface area contributed by atoms with E-state index >= 15 is 0 Å². The van der Waals surface area contributed by atoms with Gasteiger partial charge in [-0.2, -0.15) is 4.98 Å². The van der Waals surface area contributed by atoms with Crippen LogP contribution in [0.3, 0.4) is 0 Å². The standard InChI is InChI=1S/C15H18N2O2/c18-13(11-6-4-5-7-11)10-14-16-15(17-19-14)12-8-2-1-3-9-12/h1-3,8-9,11,13,18H,4-7,10H2. The molecule has 1 aromatic heterocycles. The van der Waals surface area contributed by atoms with E-state index in [4.69, 9.17) is 4.52 Å². The van der Waals surface area contributed by atoms with Gasteiger partial charge in [-0.3, -0.25) is 0 Å². The number of benzene rings is 1. The van der Waals surface area contributed by atoms with Gasteiger partial charge < -0.3 is 9.63 Å². The number of aliphatic hydroxyl groups is 1. The summed E-state index contributed by atoms with van der Waals surface area (Å²) in [4.78, 5) is 4.35. The largest absolute Gasteiger partial charge is 0.392 e. The van der Waals surface area contributed by atoms with Crippen molar-refractivity contribution in [2.24, 2.45) is 5.92 Å². The minimum Gasteiger partial charge on any atom is -0.392 e. The molecule has 100 valence electrons. The molecule has 1 unspecified atom stereocenters. The zero-order valence-corrected chi connectivity index (χ0v) is 10.8. The summed E-state index contributed by atoms with van der Waals surface area (Å²) in [5, 5.41) is 14.1. The first kappa shape index (κ1) is 12.4. The lowest BCUT2D eigenvalue weighted by molar-refractivity contribution is 0.102. The van der Waals surface area contributed by atoms with E-state index in [0.717, 1.165) is 18.4 Å². The van der Waals surface area contributed by atoms with Gasteiger partial charge in [0.25, 0.3) is 0 Å². The lowest BCUT2D eigenvalue weighted by Gasteiger charge is -2.14. The zero-order valence-electron chi connectivity index (χ0n) is 10.8. The lowest BCUT2D eigenvalue weighted by atomic mass is 9.98. The Bertz CT molecular complexity index is 518. The van der Waals surface area contributed by atoms with Crippen LogP contribution in [0.25, 0.3) is 11.4 Å². The van der Waals surface area contributed by atoms with Crippen molar-refractivity contribution in [3.8, 4) is 11.4 Å². The highest BCUT2D eigenvalue weighted by Crippen LogP contribution is 2.29. The summed E-state index contributed by atoms with van der Waals surface area (Å²) in [5.74, 6) is 1.51. The maximum atomic E-state index is 10.2. The van der Waals surface area contributed by atoms with Crippen LogP contribution in [0.5, 0.6) is 0 Å². The molecule has 1 fully saturated rings. The van der Waals surface area contributed by atoms with E-state index in [0.29, 0.717) is 24.1 Å². The molecular formula is C15H18N2O2. The fourth-order valence-electron chi connectivity index (χ4n) is 2.73. The van der Waals surface area contributed by atoms with E-state index < -0.39 is 0 Å². The Hall–Kier alpha value is -1.68. The van der Waals surface area contributed by atoms with Gasteiger partial charge in [-0.05, 0) is 18.8 Å². The fraction of sp³-hybridized carbons (Fsp3) is 0.467. The van der Waals surface area contributed by atoms with Crippen molar-refractivity contribution < 1.29 is 9.63 Å². The minimum absolute atomic E-state index is 0.355. The van der Waals surface area contributed by atoms with Gasteiger partial charge in [0.2, 0.25) is 11.7 Å². The molecular weight excluding hydrogens is 240 g/mol. The lowest BCUT2D eigenvalue weighted by Crippen LogP contribution is -2.20. The predicted molar refractivity (Wildman–Crippen MR) is 71.4 cm³/mol. The second kappa shape index (κ2) is 5.53. The monoisotopic (exact) mass is 258 g/mol. The Labute approximate surface area is 112 Å². The molecule has 0 radical (unpaired) electrons. The summed E-state index contributed by atoms with van der Waals surface area (Å²) in [6.07, 6.45) is 4.78. The van der Waals surface area contributed by atoms with Gasteiger partial charge in [0.1, 0.15) is 0 Å². The summed E-state index contributed by atoms with van der Waals surface area (Å²) in [5.41, 5.74) is 0.938. The van der Waals surface area contributed by atoms with E-state index in [9.17, 15) is 5.11 Å². The van der Waals surface area contributed by atoms with Crippen molar-refractivity contribution in [2.45, 2.75) is 38.2 Å².